The second-order valence-corrected chi connectivity index (χ2v) is 6.80. The number of carbonyl (C=O) groups is 2. The maximum absolute atomic E-state index is 12.4. The number of rotatable bonds is 6. The molecule has 0 atom stereocenters. The zero-order valence-electron chi connectivity index (χ0n) is 14.9. The average Bonchev–Trinajstić information content (AvgIpc) is 2.93. The number of carboxylic acid groups (broad SMARTS) is 1. The minimum atomic E-state index is -1.04. The van der Waals surface area contributed by atoms with Crippen LogP contribution < -0.4 is 10.1 Å². The number of amides is 1. The van der Waals surface area contributed by atoms with Crippen LogP contribution in [0, 0.1) is 0 Å². The Kier molecular flexibility index (Phi) is 5.46. The summed E-state index contributed by atoms with van der Waals surface area (Å²) in [5.74, 6) is -0.809. The fraction of sp³-hybridized carbons (Fsp3) is 0.389. The lowest BCUT2D eigenvalue weighted by molar-refractivity contribution is -0.139. The molecular formula is C18H23N3O4. The molecule has 0 radical (unpaired) electrons. The van der Waals surface area contributed by atoms with Gasteiger partial charge in [0, 0.05) is 19.0 Å². The van der Waals surface area contributed by atoms with E-state index in [1.54, 1.807) is 36.0 Å². The van der Waals surface area contributed by atoms with Crippen LogP contribution in [0.25, 0.3) is 0 Å². The zero-order valence-corrected chi connectivity index (χ0v) is 14.9. The minimum absolute atomic E-state index is 0.133. The average molecular weight is 345 g/mol. The molecule has 1 amide bonds. The molecule has 0 aliphatic carbocycles. The summed E-state index contributed by atoms with van der Waals surface area (Å²) in [5.41, 5.74) is 2.02. The van der Waals surface area contributed by atoms with Crippen molar-refractivity contribution in [1.82, 2.24) is 15.1 Å². The topological polar surface area (TPSA) is 93.5 Å². The fourth-order valence-corrected chi connectivity index (χ4v) is 2.21. The SMILES string of the molecule is Cn1nc(C(C)(C)C)cc1C(=O)NCc1cccc(OCC(=O)O)c1. The summed E-state index contributed by atoms with van der Waals surface area (Å²) < 4.78 is 6.70. The van der Waals surface area contributed by atoms with Gasteiger partial charge >= 0.3 is 5.97 Å². The van der Waals surface area contributed by atoms with Gasteiger partial charge in [0.1, 0.15) is 11.4 Å². The maximum Gasteiger partial charge on any atom is 0.341 e. The molecule has 25 heavy (non-hydrogen) atoms. The smallest absolute Gasteiger partial charge is 0.341 e. The number of benzene rings is 1. The number of hydrogen-bond acceptors (Lipinski definition) is 4. The Morgan fingerprint density at radius 2 is 2.00 bits per heavy atom. The van der Waals surface area contributed by atoms with Crippen molar-refractivity contribution in [2.24, 2.45) is 7.05 Å². The van der Waals surface area contributed by atoms with Crippen LogP contribution in [0.4, 0.5) is 0 Å². The van der Waals surface area contributed by atoms with Crippen molar-refractivity contribution < 1.29 is 19.4 Å². The van der Waals surface area contributed by atoms with Crippen LogP contribution in [0.5, 0.6) is 5.75 Å². The number of nitrogens with zero attached hydrogens (tertiary/aromatic N) is 2. The van der Waals surface area contributed by atoms with E-state index >= 15 is 0 Å². The summed E-state index contributed by atoms with van der Waals surface area (Å²) in [6.07, 6.45) is 0. The molecule has 0 aliphatic rings. The van der Waals surface area contributed by atoms with Crippen LogP contribution in [0.3, 0.4) is 0 Å². The van der Waals surface area contributed by atoms with Crippen LogP contribution in [0.1, 0.15) is 42.5 Å². The van der Waals surface area contributed by atoms with Gasteiger partial charge in [-0.15, -0.1) is 0 Å². The summed E-state index contributed by atoms with van der Waals surface area (Å²) in [4.78, 5) is 22.9. The van der Waals surface area contributed by atoms with Gasteiger partial charge in [0.15, 0.2) is 6.61 Å². The molecule has 7 nitrogen and oxygen atoms in total. The van der Waals surface area contributed by atoms with Crippen molar-refractivity contribution >= 4 is 11.9 Å². The number of aromatic nitrogens is 2. The van der Waals surface area contributed by atoms with Gasteiger partial charge in [0.2, 0.25) is 0 Å². The predicted molar refractivity (Wildman–Crippen MR) is 92.7 cm³/mol. The Hall–Kier alpha value is -2.83. The molecular weight excluding hydrogens is 322 g/mol. The van der Waals surface area contributed by atoms with E-state index in [4.69, 9.17) is 9.84 Å². The standard InChI is InChI=1S/C18H23N3O4/c1-18(2,3)15-9-14(21(4)20-15)17(24)19-10-12-6-5-7-13(8-12)25-11-16(22)23/h5-9H,10-11H2,1-4H3,(H,19,24)(H,22,23). The van der Waals surface area contributed by atoms with Crippen LogP contribution in [-0.2, 0) is 23.8 Å². The summed E-state index contributed by atoms with van der Waals surface area (Å²) >= 11 is 0. The Morgan fingerprint density at radius 3 is 2.60 bits per heavy atom. The zero-order chi connectivity index (χ0) is 18.6. The first-order chi connectivity index (χ1) is 11.7. The van der Waals surface area contributed by atoms with Gasteiger partial charge in [0.25, 0.3) is 5.91 Å². The number of nitrogens with one attached hydrogen (secondary N) is 1. The fourth-order valence-electron chi connectivity index (χ4n) is 2.21. The van der Waals surface area contributed by atoms with Gasteiger partial charge in [-0.3, -0.25) is 9.48 Å². The number of aryl methyl sites for hydroxylation is 1. The lowest BCUT2D eigenvalue weighted by Crippen LogP contribution is -2.25. The highest BCUT2D eigenvalue weighted by atomic mass is 16.5. The molecule has 0 unspecified atom stereocenters. The van der Waals surface area contributed by atoms with Crippen LogP contribution in [0.15, 0.2) is 30.3 Å². The van der Waals surface area contributed by atoms with Crippen LogP contribution in [0.2, 0.25) is 0 Å². The highest BCUT2D eigenvalue weighted by Crippen LogP contribution is 2.21. The van der Waals surface area contributed by atoms with Crippen molar-refractivity contribution in [2.45, 2.75) is 32.7 Å². The first-order valence-electron chi connectivity index (χ1n) is 7.93. The van der Waals surface area contributed by atoms with E-state index in [2.05, 4.69) is 10.4 Å². The number of aliphatic carboxylic acids is 1. The van der Waals surface area contributed by atoms with E-state index in [9.17, 15) is 9.59 Å². The highest BCUT2D eigenvalue weighted by Gasteiger charge is 2.21. The van der Waals surface area contributed by atoms with E-state index < -0.39 is 12.6 Å². The van der Waals surface area contributed by atoms with Crippen molar-refractivity contribution in [1.29, 1.82) is 0 Å². The monoisotopic (exact) mass is 345 g/mol. The van der Waals surface area contributed by atoms with Crippen molar-refractivity contribution in [3.63, 3.8) is 0 Å². The molecule has 0 aliphatic heterocycles. The molecule has 1 heterocycles. The van der Waals surface area contributed by atoms with Gasteiger partial charge in [-0.1, -0.05) is 32.9 Å². The highest BCUT2D eigenvalue weighted by molar-refractivity contribution is 5.92. The molecule has 134 valence electrons. The number of carboxylic acids is 1. The van der Waals surface area contributed by atoms with E-state index in [0.717, 1.165) is 11.3 Å². The largest absolute Gasteiger partial charge is 0.482 e. The van der Waals surface area contributed by atoms with Crippen LogP contribution >= 0.6 is 0 Å². The first kappa shape index (κ1) is 18.5. The number of carbonyl (C=O) groups excluding carboxylic acids is 1. The van der Waals surface area contributed by atoms with E-state index in [-0.39, 0.29) is 11.3 Å². The molecule has 2 N–H and O–H groups in total. The molecule has 2 aromatic rings. The van der Waals surface area contributed by atoms with Gasteiger partial charge in [-0.05, 0) is 23.8 Å². The second-order valence-electron chi connectivity index (χ2n) is 6.80. The van der Waals surface area contributed by atoms with E-state index in [1.165, 1.54) is 0 Å². The minimum Gasteiger partial charge on any atom is -0.482 e. The molecule has 0 saturated carbocycles. The van der Waals surface area contributed by atoms with Gasteiger partial charge < -0.3 is 15.2 Å². The third-order valence-corrected chi connectivity index (χ3v) is 3.59. The lowest BCUT2D eigenvalue weighted by atomic mass is 9.92. The molecule has 2 rings (SSSR count). The van der Waals surface area contributed by atoms with E-state index in [0.29, 0.717) is 18.0 Å². The molecule has 1 aromatic carbocycles. The number of hydrogen-bond donors (Lipinski definition) is 2. The molecule has 0 spiro atoms. The number of ether oxygens (including phenoxy) is 1. The third-order valence-electron chi connectivity index (χ3n) is 3.59. The molecule has 1 aromatic heterocycles. The van der Waals surface area contributed by atoms with Crippen molar-refractivity contribution in [3.8, 4) is 5.75 Å². The van der Waals surface area contributed by atoms with Gasteiger partial charge in [-0.25, -0.2) is 4.79 Å². The summed E-state index contributed by atoms with van der Waals surface area (Å²) in [7, 11) is 1.74. The molecule has 0 saturated heterocycles. The second kappa shape index (κ2) is 7.38. The third kappa shape index (κ3) is 5.07. The lowest BCUT2D eigenvalue weighted by Gasteiger charge is -2.13. The van der Waals surface area contributed by atoms with Crippen molar-refractivity contribution in [2.75, 3.05) is 6.61 Å². The van der Waals surface area contributed by atoms with E-state index in [1.807, 2.05) is 26.8 Å². The normalized spacial score (nSPS) is 11.2. The van der Waals surface area contributed by atoms with Gasteiger partial charge in [-0.2, -0.15) is 5.10 Å². The first-order valence-corrected chi connectivity index (χ1v) is 7.93. The predicted octanol–water partition coefficient (Wildman–Crippen LogP) is 2.11. The van der Waals surface area contributed by atoms with Crippen molar-refractivity contribution in [3.05, 3.63) is 47.3 Å². The Bertz CT molecular complexity index is 775. The Morgan fingerprint density at radius 1 is 1.28 bits per heavy atom. The maximum atomic E-state index is 12.4. The van der Waals surface area contributed by atoms with Gasteiger partial charge in [0.05, 0.1) is 5.69 Å². The summed E-state index contributed by atoms with van der Waals surface area (Å²) in [6, 6.07) is 8.75. The Balaban J connectivity index is 2.02. The van der Waals surface area contributed by atoms with Crippen LogP contribution in [-0.4, -0.2) is 33.4 Å². The Labute approximate surface area is 146 Å². The molecule has 0 bridgehead atoms. The summed E-state index contributed by atoms with van der Waals surface area (Å²) in [5, 5.41) is 15.9. The quantitative estimate of drug-likeness (QED) is 0.836. The summed E-state index contributed by atoms with van der Waals surface area (Å²) in [6.45, 7) is 6.03. The molecule has 0 fully saturated rings. The molecule has 7 heteroatoms.